The number of hydrogen-bond acceptors (Lipinski definition) is 2. The molecule has 2 nitrogen and oxygen atoms in total. The second-order valence-electron chi connectivity index (χ2n) is 4.04. The van der Waals surface area contributed by atoms with E-state index in [0.29, 0.717) is 11.4 Å². The fourth-order valence-corrected chi connectivity index (χ4v) is 2.14. The third-order valence-corrected chi connectivity index (χ3v) is 3.06. The highest BCUT2D eigenvalue weighted by atomic mass is 35.5. The van der Waals surface area contributed by atoms with Gasteiger partial charge >= 0.3 is 0 Å². The van der Waals surface area contributed by atoms with E-state index in [1.165, 1.54) is 12.1 Å². The topological polar surface area (TPSA) is 29.1 Å². The molecule has 0 amide bonds. The molecular formula is C12H13ClFNO. The van der Waals surface area contributed by atoms with Crippen molar-refractivity contribution in [1.82, 2.24) is 5.32 Å². The van der Waals surface area contributed by atoms with Crippen LogP contribution in [0.3, 0.4) is 0 Å². The second kappa shape index (κ2) is 4.93. The first-order chi connectivity index (χ1) is 7.66. The summed E-state index contributed by atoms with van der Waals surface area (Å²) in [6.07, 6.45) is 2.43. The Morgan fingerprint density at radius 2 is 2.38 bits per heavy atom. The third-order valence-electron chi connectivity index (χ3n) is 2.83. The van der Waals surface area contributed by atoms with Crippen LogP contribution in [0, 0.1) is 5.82 Å². The van der Waals surface area contributed by atoms with Crippen molar-refractivity contribution in [3.63, 3.8) is 0 Å². The second-order valence-corrected chi connectivity index (χ2v) is 4.48. The maximum atomic E-state index is 13.4. The molecule has 1 aromatic rings. The molecule has 0 saturated carbocycles. The number of hydrogen-bond donors (Lipinski definition) is 1. The molecule has 1 N–H and O–H groups in total. The van der Waals surface area contributed by atoms with Crippen LogP contribution in [0.1, 0.15) is 29.6 Å². The molecule has 1 aliphatic rings. The molecule has 0 aliphatic carbocycles. The van der Waals surface area contributed by atoms with Gasteiger partial charge in [-0.05, 0) is 37.6 Å². The molecule has 1 heterocycles. The molecule has 0 radical (unpaired) electrons. The largest absolute Gasteiger partial charge is 0.314 e. The van der Waals surface area contributed by atoms with Crippen LogP contribution >= 0.6 is 11.6 Å². The summed E-state index contributed by atoms with van der Waals surface area (Å²) in [6.45, 7) is 0.945. The van der Waals surface area contributed by atoms with Crippen molar-refractivity contribution in [2.24, 2.45) is 0 Å². The molecule has 1 aliphatic heterocycles. The summed E-state index contributed by atoms with van der Waals surface area (Å²) in [5.41, 5.74) is 0.137. The van der Waals surface area contributed by atoms with E-state index in [1.807, 2.05) is 0 Å². The average Bonchev–Trinajstić information content (AvgIpc) is 2.70. The molecule has 86 valence electrons. The number of Topliss-reactive ketones (excluding diaryl/α,β-unsaturated/α-hetero) is 1. The Kier molecular flexibility index (Phi) is 3.56. The van der Waals surface area contributed by atoms with E-state index in [4.69, 9.17) is 11.6 Å². The number of carbonyl (C=O) groups is 1. The fourth-order valence-electron chi connectivity index (χ4n) is 1.98. The van der Waals surface area contributed by atoms with Gasteiger partial charge in [0.2, 0.25) is 0 Å². The van der Waals surface area contributed by atoms with E-state index in [-0.39, 0.29) is 17.4 Å². The predicted molar refractivity (Wildman–Crippen MR) is 61.4 cm³/mol. The molecule has 0 bridgehead atoms. The van der Waals surface area contributed by atoms with Crippen molar-refractivity contribution in [2.75, 3.05) is 6.54 Å². The van der Waals surface area contributed by atoms with E-state index in [2.05, 4.69) is 5.32 Å². The number of nitrogens with one attached hydrogen (secondary N) is 1. The Hall–Kier alpha value is -0.930. The summed E-state index contributed by atoms with van der Waals surface area (Å²) in [4.78, 5) is 11.8. The Morgan fingerprint density at radius 1 is 1.56 bits per heavy atom. The summed E-state index contributed by atoms with van der Waals surface area (Å²) >= 11 is 5.63. The summed E-state index contributed by atoms with van der Waals surface area (Å²) in [7, 11) is 0. The minimum Gasteiger partial charge on any atom is -0.314 e. The first kappa shape index (κ1) is 11.6. The molecule has 0 spiro atoms. The zero-order valence-electron chi connectivity index (χ0n) is 8.80. The van der Waals surface area contributed by atoms with E-state index in [9.17, 15) is 9.18 Å². The van der Waals surface area contributed by atoms with Crippen molar-refractivity contribution in [3.8, 4) is 0 Å². The van der Waals surface area contributed by atoms with Crippen molar-refractivity contribution < 1.29 is 9.18 Å². The van der Waals surface area contributed by atoms with Crippen LogP contribution in [0.25, 0.3) is 0 Å². The van der Waals surface area contributed by atoms with Crippen LogP contribution in [0.4, 0.5) is 4.39 Å². The molecule has 1 aromatic carbocycles. The third kappa shape index (κ3) is 2.60. The summed E-state index contributed by atoms with van der Waals surface area (Å²) < 4.78 is 13.4. The first-order valence-electron chi connectivity index (χ1n) is 5.38. The molecule has 1 unspecified atom stereocenters. The van der Waals surface area contributed by atoms with Gasteiger partial charge in [0.1, 0.15) is 5.82 Å². The fraction of sp³-hybridized carbons (Fsp3) is 0.417. The minimum absolute atomic E-state index is 0.137. The molecule has 16 heavy (non-hydrogen) atoms. The highest BCUT2D eigenvalue weighted by molar-refractivity contribution is 6.30. The highest BCUT2D eigenvalue weighted by Gasteiger charge is 2.20. The van der Waals surface area contributed by atoms with Crippen LogP contribution in [0.2, 0.25) is 5.02 Å². The lowest BCUT2D eigenvalue weighted by atomic mass is 10.0. The van der Waals surface area contributed by atoms with Gasteiger partial charge in [0.15, 0.2) is 5.78 Å². The number of benzene rings is 1. The maximum absolute atomic E-state index is 13.4. The van der Waals surface area contributed by atoms with Crippen LogP contribution < -0.4 is 5.32 Å². The van der Waals surface area contributed by atoms with E-state index in [0.717, 1.165) is 19.4 Å². The molecule has 1 atom stereocenters. The van der Waals surface area contributed by atoms with Crippen LogP contribution in [0.15, 0.2) is 18.2 Å². The van der Waals surface area contributed by atoms with Gasteiger partial charge in [-0.15, -0.1) is 0 Å². The Labute approximate surface area is 98.8 Å². The molecule has 1 saturated heterocycles. The normalized spacial score (nSPS) is 20.0. The van der Waals surface area contributed by atoms with Gasteiger partial charge in [-0.1, -0.05) is 11.6 Å². The van der Waals surface area contributed by atoms with E-state index < -0.39 is 5.82 Å². The predicted octanol–water partition coefficient (Wildman–Crippen LogP) is 2.80. The van der Waals surface area contributed by atoms with Crippen molar-refractivity contribution >= 4 is 17.4 Å². The molecule has 4 heteroatoms. The van der Waals surface area contributed by atoms with E-state index >= 15 is 0 Å². The first-order valence-corrected chi connectivity index (χ1v) is 5.76. The van der Waals surface area contributed by atoms with Crippen LogP contribution in [0.5, 0.6) is 0 Å². The lowest BCUT2D eigenvalue weighted by molar-refractivity contribution is 0.0968. The van der Waals surface area contributed by atoms with Crippen molar-refractivity contribution in [3.05, 3.63) is 34.6 Å². The summed E-state index contributed by atoms with van der Waals surface area (Å²) in [5.74, 6) is -0.691. The zero-order valence-corrected chi connectivity index (χ0v) is 9.56. The Bertz CT molecular complexity index is 402. The molecule has 2 rings (SSSR count). The number of halogens is 2. The van der Waals surface area contributed by atoms with Gasteiger partial charge < -0.3 is 5.32 Å². The van der Waals surface area contributed by atoms with Gasteiger partial charge in [0.05, 0.1) is 5.56 Å². The highest BCUT2D eigenvalue weighted by Crippen LogP contribution is 2.18. The zero-order chi connectivity index (χ0) is 11.5. The van der Waals surface area contributed by atoms with Crippen molar-refractivity contribution in [1.29, 1.82) is 0 Å². The SMILES string of the molecule is O=C(CC1CCCN1)c1ccc(Cl)cc1F. The lowest BCUT2D eigenvalue weighted by Crippen LogP contribution is -2.24. The number of rotatable bonds is 3. The molecule has 1 fully saturated rings. The smallest absolute Gasteiger partial charge is 0.167 e. The quantitative estimate of drug-likeness (QED) is 0.825. The van der Waals surface area contributed by atoms with Gasteiger partial charge in [0, 0.05) is 17.5 Å². The maximum Gasteiger partial charge on any atom is 0.167 e. The van der Waals surface area contributed by atoms with E-state index in [1.54, 1.807) is 6.07 Å². The van der Waals surface area contributed by atoms with Crippen LogP contribution in [-0.2, 0) is 0 Å². The summed E-state index contributed by atoms with van der Waals surface area (Å²) in [6, 6.07) is 4.37. The summed E-state index contributed by atoms with van der Waals surface area (Å²) in [5, 5.41) is 3.53. The Balaban J connectivity index is 2.08. The van der Waals surface area contributed by atoms with Crippen LogP contribution in [-0.4, -0.2) is 18.4 Å². The average molecular weight is 242 g/mol. The van der Waals surface area contributed by atoms with Gasteiger partial charge in [-0.25, -0.2) is 4.39 Å². The molecular weight excluding hydrogens is 229 g/mol. The number of carbonyl (C=O) groups excluding carboxylic acids is 1. The lowest BCUT2D eigenvalue weighted by Gasteiger charge is -2.09. The van der Waals surface area contributed by atoms with Gasteiger partial charge in [-0.2, -0.15) is 0 Å². The number of ketones is 1. The monoisotopic (exact) mass is 241 g/mol. The van der Waals surface area contributed by atoms with Gasteiger partial charge in [-0.3, -0.25) is 4.79 Å². The molecule has 0 aromatic heterocycles. The van der Waals surface area contributed by atoms with Gasteiger partial charge in [0.25, 0.3) is 0 Å². The van der Waals surface area contributed by atoms with Crippen molar-refractivity contribution in [2.45, 2.75) is 25.3 Å². The Morgan fingerprint density at radius 3 is 3.00 bits per heavy atom. The minimum atomic E-state index is -0.532. The standard InChI is InChI=1S/C12H13ClFNO/c13-8-3-4-10(11(14)6-8)12(16)7-9-2-1-5-15-9/h3-4,6,9,15H,1-2,5,7H2.